The van der Waals surface area contributed by atoms with Crippen LogP contribution in [0.4, 0.5) is 5.69 Å². The summed E-state index contributed by atoms with van der Waals surface area (Å²) in [4.78, 5) is 23.3. The highest BCUT2D eigenvalue weighted by Crippen LogP contribution is 2.38. The molecule has 0 aromatic heterocycles. The molecule has 0 radical (unpaired) electrons. The molecule has 0 heterocycles. The molecule has 1 aromatic carbocycles. The second kappa shape index (κ2) is 4.94. The van der Waals surface area contributed by atoms with E-state index in [2.05, 4.69) is 21.2 Å². The third kappa shape index (κ3) is 2.96. The van der Waals surface area contributed by atoms with Crippen molar-refractivity contribution in [2.75, 3.05) is 5.32 Å². The maximum absolute atomic E-state index is 12.2. The van der Waals surface area contributed by atoms with Crippen LogP contribution in [0, 0.1) is 5.92 Å². The number of carbonyl (C=O) groups excluding carboxylic acids is 1. The maximum atomic E-state index is 12.2. The van der Waals surface area contributed by atoms with Gasteiger partial charge in [-0.3, -0.25) is 4.79 Å². The fraction of sp³-hybridized carbons (Fsp3) is 0.385. The van der Waals surface area contributed by atoms with E-state index in [-0.39, 0.29) is 23.1 Å². The van der Waals surface area contributed by atoms with E-state index in [1.807, 2.05) is 0 Å². The van der Waals surface area contributed by atoms with Gasteiger partial charge in [-0.1, -0.05) is 15.9 Å². The summed E-state index contributed by atoms with van der Waals surface area (Å²) >= 11 is 3.25. The molecule has 1 aliphatic carbocycles. The van der Waals surface area contributed by atoms with Gasteiger partial charge in [-0.25, -0.2) is 4.79 Å². The molecule has 1 saturated carbocycles. The molecule has 6 heteroatoms. The van der Waals surface area contributed by atoms with Crippen LogP contribution in [0.1, 0.15) is 30.1 Å². The summed E-state index contributed by atoms with van der Waals surface area (Å²) in [6, 6.07) is 4.61. The zero-order chi connectivity index (χ0) is 14.2. The quantitative estimate of drug-likeness (QED) is 0.790. The summed E-state index contributed by atoms with van der Waals surface area (Å²) in [6.45, 7) is 1.68. The van der Waals surface area contributed by atoms with Gasteiger partial charge in [0.2, 0.25) is 5.91 Å². The van der Waals surface area contributed by atoms with Crippen LogP contribution in [0.3, 0.4) is 0 Å². The van der Waals surface area contributed by atoms with Crippen LogP contribution in [0.15, 0.2) is 22.7 Å². The molecule has 1 aliphatic rings. The first-order valence-corrected chi connectivity index (χ1v) is 6.75. The standard InChI is InChI=1S/C13H15BrN2O3/c1-13(15,7-2-3-7)12(19)16-10-6-8(14)4-5-9(10)11(17)18/h4-7H,2-3,15H2,1H3,(H,16,19)(H,17,18). The lowest BCUT2D eigenvalue weighted by molar-refractivity contribution is -0.121. The van der Waals surface area contributed by atoms with Gasteiger partial charge in [0.15, 0.2) is 0 Å². The lowest BCUT2D eigenvalue weighted by Gasteiger charge is -2.23. The smallest absolute Gasteiger partial charge is 0.337 e. The molecule has 102 valence electrons. The second-order valence-corrected chi connectivity index (χ2v) is 5.92. The highest BCUT2D eigenvalue weighted by atomic mass is 79.9. The predicted molar refractivity (Wildman–Crippen MR) is 75.0 cm³/mol. The fourth-order valence-corrected chi connectivity index (χ4v) is 2.29. The molecule has 0 saturated heterocycles. The van der Waals surface area contributed by atoms with Crippen molar-refractivity contribution in [3.8, 4) is 0 Å². The first-order chi connectivity index (χ1) is 8.82. The Morgan fingerprint density at radius 1 is 1.47 bits per heavy atom. The van der Waals surface area contributed by atoms with E-state index in [0.717, 1.165) is 12.8 Å². The van der Waals surface area contributed by atoms with Crippen LogP contribution in [-0.4, -0.2) is 22.5 Å². The van der Waals surface area contributed by atoms with E-state index in [4.69, 9.17) is 10.8 Å². The minimum absolute atomic E-state index is 0.0446. The SMILES string of the molecule is CC(N)(C(=O)Nc1cc(Br)ccc1C(=O)O)C1CC1. The Balaban J connectivity index is 2.25. The van der Waals surface area contributed by atoms with Gasteiger partial charge >= 0.3 is 5.97 Å². The Morgan fingerprint density at radius 2 is 2.11 bits per heavy atom. The summed E-state index contributed by atoms with van der Waals surface area (Å²) < 4.78 is 0.693. The van der Waals surface area contributed by atoms with Crippen LogP contribution >= 0.6 is 15.9 Å². The van der Waals surface area contributed by atoms with E-state index in [0.29, 0.717) is 4.47 Å². The lowest BCUT2D eigenvalue weighted by atomic mass is 9.96. The minimum Gasteiger partial charge on any atom is -0.478 e. The number of amides is 1. The minimum atomic E-state index is -1.09. The van der Waals surface area contributed by atoms with E-state index in [1.54, 1.807) is 19.1 Å². The Kier molecular flexibility index (Phi) is 3.64. The number of rotatable bonds is 4. The van der Waals surface area contributed by atoms with Crippen molar-refractivity contribution in [2.45, 2.75) is 25.3 Å². The first kappa shape index (κ1) is 14.0. The van der Waals surface area contributed by atoms with Crippen molar-refractivity contribution in [2.24, 2.45) is 11.7 Å². The van der Waals surface area contributed by atoms with Gasteiger partial charge in [0.25, 0.3) is 0 Å². The zero-order valence-electron chi connectivity index (χ0n) is 10.4. The van der Waals surface area contributed by atoms with Gasteiger partial charge in [0.1, 0.15) is 0 Å². The van der Waals surface area contributed by atoms with Gasteiger partial charge in [-0.15, -0.1) is 0 Å². The Morgan fingerprint density at radius 3 is 2.63 bits per heavy atom. The van der Waals surface area contributed by atoms with Gasteiger partial charge in [0.05, 0.1) is 16.8 Å². The molecule has 1 atom stereocenters. The summed E-state index contributed by atoms with van der Waals surface area (Å²) in [6.07, 6.45) is 1.87. The van der Waals surface area contributed by atoms with Crippen LogP contribution in [-0.2, 0) is 4.79 Å². The number of anilines is 1. The number of carboxylic acid groups (broad SMARTS) is 1. The summed E-state index contributed by atoms with van der Waals surface area (Å²) in [5, 5.41) is 11.7. The van der Waals surface area contributed by atoms with E-state index >= 15 is 0 Å². The Labute approximate surface area is 119 Å². The molecule has 5 nitrogen and oxygen atoms in total. The van der Waals surface area contributed by atoms with Crippen LogP contribution in [0.5, 0.6) is 0 Å². The lowest BCUT2D eigenvalue weighted by Crippen LogP contribution is -2.50. The zero-order valence-corrected chi connectivity index (χ0v) is 12.0. The number of carboxylic acids is 1. The molecular weight excluding hydrogens is 312 g/mol. The number of aromatic carboxylic acids is 1. The molecule has 1 amide bonds. The van der Waals surface area contributed by atoms with Gasteiger partial charge in [-0.2, -0.15) is 0 Å². The van der Waals surface area contributed by atoms with Crippen molar-refractivity contribution in [3.63, 3.8) is 0 Å². The summed E-state index contributed by atoms with van der Waals surface area (Å²) in [5.74, 6) is -1.27. The number of halogens is 1. The maximum Gasteiger partial charge on any atom is 0.337 e. The van der Waals surface area contributed by atoms with Crippen LogP contribution < -0.4 is 11.1 Å². The highest BCUT2D eigenvalue weighted by Gasteiger charge is 2.44. The summed E-state index contributed by atoms with van der Waals surface area (Å²) in [7, 11) is 0. The molecule has 1 aromatic rings. The number of carbonyl (C=O) groups is 2. The molecule has 0 aliphatic heterocycles. The van der Waals surface area contributed by atoms with Crippen molar-refractivity contribution < 1.29 is 14.7 Å². The Hall–Kier alpha value is -1.40. The molecular formula is C13H15BrN2O3. The van der Waals surface area contributed by atoms with Crippen LogP contribution in [0.25, 0.3) is 0 Å². The average molecular weight is 327 g/mol. The van der Waals surface area contributed by atoms with Crippen molar-refractivity contribution in [1.29, 1.82) is 0 Å². The topological polar surface area (TPSA) is 92.4 Å². The van der Waals surface area contributed by atoms with E-state index in [1.165, 1.54) is 6.07 Å². The molecule has 1 unspecified atom stereocenters. The Bertz CT molecular complexity index is 539. The second-order valence-electron chi connectivity index (χ2n) is 5.01. The van der Waals surface area contributed by atoms with E-state index < -0.39 is 11.5 Å². The number of nitrogens with two attached hydrogens (primary N) is 1. The van der Waals surface area contributed by atoms with Gasteiger partial charge in [-0.05, 0) is 43.9 Å². The number of hydrogen-bond donors (Lipinski definition) is 3. The predicted octanol–water partition coefficient (Wildman–Crippen LogP) is 2.21. The molecule has 2 rings (SSSR count). The van der Waals surface area contributed by atoms with Crippen molar-refractivity contribution in [3.05, 3.63) is 28.2 Å². The normalized spacial score (nSPS) is 17.6. The third-order valence-electron chi connectivity index (χ3n) is 3.37. The summed E-state index contributed by atoms with van der Waals surface area (Å²) in [5.41, 5.74) is 5.34. The monoisotopic (exact) mass is 326 g/mol. The number of benzene rings is 1. The van der Waals surface area contributed by atoms with Crippen molar-refractivity contribution >= 4 is 33.5 Å². The molecule has 0 bridgehead atoms. The van der Waals surface area contributed by atoms with Gasteiger partial charge in [0, 0.05) is 4.47 Å². The molecule has 0 spiro atoms. The first-order valence-electron chi connectivity index (χ1n) is 5.95. The highest BCUT2D eigenvalue weighted by molar-refractivity contribution is 9.10. The molecule has 1 fully saturated rings. The molecule has 19 heavy (non-hydrogen) atoms. The average Bonchev–Trinajstić information content (AvgIpc) is 3.12. The van der Waals surface area contributed by atoms with Crippen molar-refractivity contribution in [1.82, 2.24) is 0 Å². The number of hydrogen-bond acceptors (Lipinski definition) is 3. The largest absolute Gasteiger partial charge is 0.478 e. The van der Waals surface area contributed by atoms with E-state index in [9.17, 15) is 9.59 Å². The fourth-order valence-electron chi connectivity index (χ4n) is 1.93. The third-order valence-corrected chi connectivity index (χ3v) is 3.87. The van der Waals surface area contributed by atoms with Gasteiger partial charge < -0.3 is 16.2 Å². The van der Waals surface area contributed by atoms with Crippen LogP contribution in [0.2, 0.25) is 0 Å². The number of nitrogens with one attached hydrogen (secondary N) is 1. The molecule has 4 N–H and O–H groups in total.